The highest BCUT2D eigenvalue weighted by Crippen LogP contribution is 2.37. The van der Waals surface area contributed by atoms with Gasteiger partial charge in [0, 0.05) is 10.8 Å². The third-order valence-electron chi connectivity index (χ3n) is 4.19. The zero-order valence-corrected chi connectivity index (χ0v) is 15.2. The van der Waals surface area contributed by atoms with Crippen LogP contribution in [0.5, 0.6) is 11.5 Å². The molecule has 2 rings (SSSR count). The lowest BCUT2D eigenvalue weighted by Crippen LogP contribution is -2.07. The molecule has 2 aromatic rings. The second kappa shape index (κ2) is 9.92. The predicted molar refractivity (Wildman–Crippen MR) is 101 cm³/mol. The Labute approximate surface area is 149 Å². The van der Waals surface area contributed by atoms with Gasteiger partial charge < -0.3 is 14.6 Å². The molecule has 0 fully saturated rings. The van der Waals surface area contributed by atoms with Crippen LogP contribution in [0.4, 0.5) is 0 Å². The van der Waals surface area contributed by atoms with Crippen molar-refractivity contribution < 1.29 is 19.4 Å². The van der Waals surface area contributed by atoms with E-state index in [9.17, 15) is 9.90 Å². The molecule has 2 aromatic carbocycles. The molecule has 0 aromatic heterocycles. The van der Waals surface area contributed by atoms with Crippen LogP contribution in [-0.4, -0.2) is 24.3 Å². The van der Waals surface area contributed by atoms with Gasteiger partial charge >= 0.3 is 5.97 Å². The van der Waals surface area contributed by atoms with Crippen molar-refractivity contribution in [1.82, 2.24) is 0 Å². The lowest BCUT2D eigenvalue weighted by Gasteiger charge is -2.16. The van der Waals surface area contributed by atoms with Gasteiger partial charge in [-0.2, -0.15) is 0 Å². The fraction of sp³-hybridized carbons (Fsp3) is 0.476. The van der Waals surface area contributed by atoms with Gasteiger partial charge in [-0.1, -0.05) is 63.8 Å². The van der Waals surface area contributed by atoms with E-state index in [0.717, 1.165) is 49.3 Å². The average Bonchev–Trinajstić information content (AvgIpc) is 2.62. The number of rotatable bonds is 11. The molecule has 0 atom stereocenters. The summed E-state index contributed by atoms with van der Waals surface area (Å²) in [5.41, 5.74) is 0.167. The molecule has 4 heteroatoms. The molecule has 0 heterocycles. The molecule has 0 bridgehead atoms. The molecule has 0 radical (unpaired) electrons. The number of carboxylic acids is 1. The van der Waals surface area contributed by atoms with Crippen molar-refractivity contribution in [2.45, 2.75) is 52.4 Å². The van der Waals surface area contributed by atoms with E-state index < -0.39 is 5.97 Å². The van der Waals surface area contributed by atoms with Gasteiger partial charge in [0.15, 0.2) is 0 Å². The lowest BCUT2D eigenvalue weighted by atomic mass is 10.0. The number of carboxylic acid groups (broad SMARTS) is 1. The molecule has 0 spiro atoms. The predicted octanol–water partition coefficient (Wildman–Crippen LogP) is 5.68. The topological polar surface area (TPSA) is 55.8 Å². The van der Waals surface area contributed by atoms with E-state index in [1.54, 1.807) is 6.07 Å². The first-order chi connectivity index (χ1) is 12.2. The summed E-state index contributed by atoms with van der Waals surface area (Å²) in [6.45, 7) is 5.38. The molecule has 0 saturated carbocycles. The minimum atomic E-state index is -0.991. The summed E-state index contributed by atoms with van der Waals surface area (Å²) in [5.74, 6) is 0.0692. The number of ether oxygens (including phenoxy) is 2. The van der Waals surface area contributed by atoms with Crippen molar-refractivity contribution in [3.05, 3.63) is 35.9 Å². The van der Waals surface area contributed by atoms with E-state index >= 15 is 0 Å². The highest BCUT2D eigenvalue weighted by Gasteiger charge is 2.19. The van der Waals surface area contributed by atoms with Gasteiger partial charge in [-0.25, -0.2) is 4.79 Å². The Morgan fingerprint density at radius 3 is 2.12 bits per heavy atom. The Bertz CT molecular complexity index is 694. The Morgan fingerprint density at radius 1 is 0.920 bits per heavy atom. The zero-order chi connectivity index (χ0) is 18.1. The Kier molecular flexibility index (Phi) is 7.58. The van der Waals surface area contributed by atoms with Crippen molar-refractivity contribution in [3.8, 4) is 11.5 Å². The lowest BCUT2D eigenvalue weighted by molar-refractivity contribution is 0.0692. The number of unbranched alkanes of at least 4 members (excludes halogenated alkanes) is 4. The van der Waals surface area contributed by atoms with E-state index in [4.69, 9.17) is 9.47 Å². The van der Waals surface area contributed by atoms with Crippen molar-refractivity contribution in [2.24, 2.45) is 0 Å². The van der Waals surface area contributed by atoms with Crippen molar-refractivity contribution in [3.63, 3.8) is 0 Å². The van der Waals surface area contributed by atoms with Crippen LogP contribution >= 0.6 is 0 Å². The van der Waals surface area contributed by atoms with Gasteiger partial charge in [0.25, 0.3) is 0 Å². The number of aromatic carboxylic acids is 1. The molecular weight excluding hydrogens is 316 g/mol. The van der Waals surface area contributed by atoms with Crippen LogP contribution < -0.4 is 9.47 Å². The summed E-state index contributed by atoms with van der Waals surface area (Å²) in [4.78, 5) is 11.7. The fourth-order valence-corrected chi connectivity index (χ4v) is 2.81. The maximum Gasteiger partial charge on any atom is 0.339 e. The molecule has 1 N–H and O–H groups in total. The Morgan fingerprint density at radius 2 is 1.52 bits per heavy atom. The maximum atomic E-state index is 11.7. The molecule has 0 amide bonds. The summed E-state index contributed by atoms with van der Waals surface area (Å²) < 4.78 is 11.8. The molecular formula is C21H28O4. The highest BCUT2D eigenvalue weighted by molar-refractivity contribution is 6.03. The minimum Gasteiger partial charge on any atom is -0.493 e. The average molecular weight is 344 g/mol. The molecule has 25 heavy (non-hydrogen) atoms. The van der Waals surface area contributed by atoms with Crippen LogP contribution in [0.2, 0.25) is 0 Å². The number of carbonyl (C=O) groups is 1. The van der Waals surface area contributed by atoms with Crippen LogP contribution in [0.25, 0.3) is 10.8 Å². The molecule has 0 aliphatic heterocycles. The summed E-state index contributed by atoms with van der Waals surface area (Å²) >= 11 is 0. The SMILES string of the molecule is CCCCCOc1cc(C(=O)O)c(OCCCCC)c2ccccc12. The van der Waals surface area contributed by atoms with Crippen LogP contribution in [0.3, 0.4) is 0 Å². The largest absolute Gasteiger partial charge is 0.493 e. The molecule has 0 saturated heterocycles. The van der Waals surface area contributed by atoms with Gasteiger partial charge in [-0.3, -0.25) is 0 Å². The Balaban J connectivity index is 2.35. The number of hydrogen-bond donors (Lipinski definition) is 1. The smallest absolute Gasteiger partial charge is 0.339 e. The molecule has 4 nitrogen and oxygen atoms in total. The molecule has 136 valence electrons. The first kappa shape index (κ1) is 19.1. The van der Waals surface area contributed by atoms with Gasteiger partial charge in [0.2, 0.25) is 0 Å². The van der Waals surface area contributed by atoms with Gasteiger partial charge in [-0.15, -0.1) is 0 Å². The number of benzene rings is 2. The monoisotopic (exact) mass is 344 g/mol. The first-order valence-electron chi connectivity index (χ1n) is 9.23. The summed E-state index contributed by atoms with van der Waals surface area (Å²) in [5, 5.41) is 11.3. The molecule has 0 aliphatic carbocycles. The zero-order valence-electron chi connectivity index (χ0n) is 15.2. The van der Waals surface area contributed by atoms with Gasteiger partial charge in [-0.05, 0) is 18.9 Å². The summed E-state index contributed by atoms with van der Waals surface area (Å²) in [6.07, 6.45) is 6.26. The van der Waals surface area contributed by atoms with E-state index in [1.807, 2.05) is 24.3 Å². The first-order valence-corrected chi connectivity index (χ1v) is 9.23. The van der Waals surface area contributed by atoms with Gasteiger partial charge in [0.1, 0.15) is 17.1 Å². The molecule has 0 unspecified atom stereocenters. The van der Waals surface area contributed by atoms with Crippen molar-refractivity contribution in [2.75, 3.05) is 13.2 Å². The fourth-order valence-electron chi connectivity index (χ4n) is 2.81. The third kappa shape index (κ3) is 5.12. The van der Waals surface area contributed by atoms with Crippen LogP contribution in [0.1, 0.15) is 62.7 Å². The van der Waals surface area contributed by atoms with E-state index in [2.05, 4.69) is 13.8 Å². The van der Waals surface area contributed by atoms with Crippen LogP contribution in [0.15, 0.2) is 30.3 Å². The molecule has 0 aliphatic rings. The second-order valence-corrected chi connectivity index (χ2v) is 6.21. The summed E-state index contributed by atoms with van der Waals surface area (Å²) in [6, 6.07) is 9.28. The van der Waals surface area contributed by atoms with Crippen molar-refractivity contribution in [1.29, 1.82) is 0 Å². The van der Waals surface area contributed by atoms with Crippen LogP contribution in [0, 0.1) is 0 Å². The highest BCUT2D eigenvalue weighted by atomic mass is 16.5. The van der Waals surface area contributed by atoms with E-state index in [0.29, 0.717) is 24.7 Å². The minimum absolute atomic E-state index is 0.167. The van der Waals surface area contributed by atoms with Gasteiger partial charge in [0.05, 0.1) is 13.2 Å². The number of hydrogen-bond acceptors (Lipinski definition) is 3. The van der Waals surface area contributed by atoms with Crippen molar-refractivity contribution >= 4 is 16.7 Å². The second-order valence-electron chi connectivity index (χ2n) is 6.21. The maximum absolute atomic E-state index is 11.7. The van der Waals surface area contributed by atoms with E-state index in [-0.39, 0.29) is 5.56 Å². The summed E-state index contributed by atoms with van der Waals surface area (Å²) in [7, 11) is 0. The van der Waals surface area contributed by atoms with E-state index in [1.165, 1.54) is 0 Å². The standard InChI is InChI=1S/C21H28O4/c1-3-5-9-13-24-19-15-18(21(22)23)20(25-14-10-6-4-2)17-12-8-7-11-16(17)19/h7-8,11-12,15H,3-6,9-10,13-14H2,1-2H3,(H,22,23). The quantitative estimate of drug-likeness (QED) is 0.533. The third-order valence-corrected chi connectivity index (χ3v) is 4.19. The Hall–Kier alpha value is -2.23. The normalized spacial score (nSPS) is 10.8. The number of fused-ring (bicyclic) bond motifs is 1. The van der Waals surface area contributed by atoms with Crippen LogP contribution in [-0.2, 0) is 0 Å².